The van der Waals surface area contributed by atoms with Gasteiger partial charge in [-0.1, -0.05) is 41.6 Å². The summed E-state index contributed by atoms with van der Waals surface area (Å²) < 4.78 is 27.0. The molecule has 0 aliphatic carbocycles. The number of hydrogen-bond donors (Lipinski definition) is 0. The van der Waals surface area contributed by atoms with Gasteiger partial charge in [-0.05, 0) is 30.3 Å². The van der Waals surface area contributed by atoms with Gasteiger partial charge in [0.2, 0.25) is 5.82 Å². The van der Waals surface area contributed by atoms with Crippen molar-refractivity contribution in [2.75, 3.05) is 14.2 Å². The van der Waals surface area contributed by atoms with E-state index in [-0.39, 0.29) is 19.1 Å². The van der Waals surface area contributed by atoms with Crippen LogP contribution in [0.15, 0.2) is 77.3 Å². The average molecular weight is 446 g/mol. The molecule has 0 aliphatic rings. The Hall–Kier alpha value is -4.33. The first-order valence-corrected chi connectivity index (χ1v) is 10.2. The molecule has 33 heavy (non-hydrogen) atoms. The van der Waals surface area contributed by atoms with E-state index in [0.717, 1.165) is 0 Å². The van der Waals surface area contributed by atoms with Crippen molar-refractivity contribution in [2.24, 2.45) is 0 Å². The summed E-state index contributed by atoms with van der Waals surface area (Å²) >= 11 is 0. The Labute approximate surface area is 190 Å². The molecule has 1 heterocycles. The molecule has 0 fully saturated rings. The second kappa shape index (κ2) is 10.3. The Kier molecular flexibility index (Phi) is 6.84. The predicted octanol–water partition coefficient (Wildman–Crippen LogP) is 4.69. The van der Waals surface area contributed by atoms with Gasteiger partial charge in [-0.25, -0.2) is 4.79 Å². The molecule has 0 saturated carbocycles. The molecular weight excluding hydrogens is 424 g/mol. The summed E-state index contributed by atoms with van der Waals surface area (Å²) in [4.78, 5) is 17.0. The molecule has 0 amide bonds. The van der Waals surface area contributed by atoms with Crippen molar-refractivity contribution in [3.05, 3.63) is 89.8 Å². The third-order valence-electron chi connectivity index (χ3n) is 4.82. The van der Waals surface area contributed by atoms with Crippen LogP contribution in [0.2, 0.25) is 0 Å². The topological polar surface area (TPSA) is 92.9 Å². The van der Waals surface area contributed by atoms with Crippen molar-refractivity contribution < 1.29 is 28.3 Å². The summed E-state index contributed by atoms with van der Waals surface area (Å²) in [5.41, 5.74) is 1.74. The molecular formula is C25H22N2O6. The van der Waals surface area contributed by atoms with Crippen LogP contribution in [0, 0.1) is 0 Å². The van der Waals surface area contributed by atoms with Crippen molar-refractivity contribution in [2.45, 2.75) is 13.2 Å². The third-order valence-corrected chi connectivity index (χ3v) is 4.82. The molecule has 4 aromatic rings. The fraction of sp³-hybridized carbons (Fsp3) is 0.160. The zero-order valence-corrected chi connectivity index (χ0v) is 18.2. The maximum Gasteiger partial charge on any atom is 0.339 e. The van der Waals surface area contributed by atoms with E-state index in [0.29, 0.717) is 39.8 Å². The van der Waals surface area contributed by atoms with E-state index in [4.69, 9.17) is 23.5 Å². The summed E-state index contributed by atoms with van der Waals surface area (Å²) in [6.07, 6.45) is 0. The van der Waals surface area contributed by atoms with Gasteiger partial charge in [0.25, 0.3) is 5.89 Å². The molecule has 168 valence electrons. The van der Waals surface area contributed by atoms with Crippen molar-refractivity contribution >= 4 is 5.97 Å². The number of aromatic nitrogens is 2. The molecule has 0 radical (unpaired) electrons. The molecule has 0 N–H and O–H groups in total. The highest BCUT2D eigenvalue weighted by Crippen LogP contribution is 2.31. The van der Waals surface area contributed by atoms with Gasteiger partial charge in [-0.3, -0.25) is 0 Å². The van der Waals surface area contributed by atoms with Gasteiger partial charge in [-0.15, -0.1) is 0 Å². The number of benzene rings is 3. The first-order chi connectivity index (χ1) is 16.2. The van der Waals surface area contributed by atoms with Crippen LogP contribution in [-0.4, -0.2) is 30.3 Å². The molecule has 0 spiro atoms. The lowest BCUT2D eigenvalue weighted by atomic mass is 10.1. The van der Waals surface area contributed by atoms with E-state index in [1.54, 1.807) is 44.6 Å². The Morgan fingerprint density at radius 2 is 1.67 bits per heavy atom. The van der Waals surface area contributed by atoms with E-state index >= 15 is 0 Å². The smallest absolute Gasteiger partial charge is 0.339 e. The summed E-state index contributed by atoms with van der Waals surface area (Å²) in [6.45, 7) is 0.0649. The lowest BCUT2D eigenvalue weighted by Gasteiger charge is -2.10. The molecule has 0 unspecified atom stereocenters. The van der Waals surface area contributed by atoms with Gasteiger partial charge >= 0.3 is 5.97 Å². The zero-order chi connectivity index (χ0) is 23.0. The quantitative estimate of drug-likeness (QED) is 0.342. The highest BCUT2D eigenvalue weighted by atomic mass is 16.6. The monoisotopic (exact) mass is 446 g/mol. The van der Waals surface area contributed by atoms with Crippen LogP contribution in [0.4, 0.5) is 0 Å². The summed E-state index contributed by atoms with van der Waals surface area (Å²) in [5, 5.41) is 3.96. The SMILES string of the molecule is COc1ccc(-c2noc(COC(=O)c3ccccc3COc3ccccc3)n2)c(OC)c1. The van der Waals surface area contributed by atoms with Crippen LogP contribution in [0.3, 0.4) is 0 Å². The number of carbonyl (C=O) groups is 1. The van der Waals surface area contributed by atoms with Gasteiger partial charge in [0.15, 0.2) is 6.61 Å². The fourth-order valence-corrected chi connectivity index (χ4v) is 3.13. The van der Waals surface area contributed by atoms with Gasteiger partial charge in [0.1, 0.15) is 23.9 Å². The lowest BCUT2D eigenvalue weighted by Crippen LogP contribution is -2.10. The summed E-state index contributed by atoms with van der Waals surface area (Å²) in [7, 11) is 3.11. The first kappa shape index (κ1) is 21.9. The molecule has 3 aromatic carbocycles. The highest BCUT2D eigenvalue weighted by Gasteiger charge is 2.17. The Bertz CT molecular complexity index is 1220. The molecule has 0 atom stereocenters. The van der Waals surface area contributed by atoms with Gasteiger partial charge < -0.3 is 23.5 Å². The van der Waals surface area contributed by atoms with Crippen LogP contribution in [0.25, 0.3) is 11.4 Å². The standard InChI is InChI=1S/C25H22N2O6/c1-29-19-12-13-21(22(14-19)30-2)24-26-23(33-27-24)16-32-25(28)20-11-7-6-8-17(20)15-31-18-9-4-3-5-10-18/h3-14H,15-16H2,1-2H3. The molecule has 1 aromatic heterocycles. The normalized spacial score (nSPS) is 10.5. The number of nitrogens with zero attached hydrogens (tertiary/aromatic N) is 2. The van der Waals surface area contributed by atoms with Crippen LogP contribution in [0.5, 0.6) is 17.2 Å². The number of ether oxygens (including phenoxy) is 4. The predicted molar refractivity (Wildman–Crippen MR) is 119 cm³/mol. The molecule has 8 nitrogen and oxygen atoms in total. The number of para-hydroxylation sites is 1. The Morgan fingerprint density at radius 3 is 2.45 bits per heavy atom. The van der Waals surface area contributed by atoms with E-state index in [1.807, 2.05) is 42.5 Å². The minimum atomic E-state index is -0.510. The van der Waals surface area contributed by atoms with Gasteiger partial charge in [-0.2, -0.15) is 4.98 Å². The van der Waals surface area contributed by atoms with Gasteiger partial charge in [0, 0.05) is 11.6 Å². The minimum absolute atomic E-state index is 0.161. The van der Waals surface area contributed by atoms with Crippen molar-refractivity contribution in [1.82, 2.24) is 10.1 Å². The van der Waals surface area contributed by atoms with Crippen molar-refractivity contribution in [3.8, 4) is 28.6 Å². The van der Waals surface area contributed by atoms with E-state index in [9.17, 15) is 4.79 Å². The number of methoxy groups -OCH3 is 2. The van der Waals surface area contributed by atoms with E-state index in [1.165, 1.54) is 0 Å². The van der Waals surface area contributed by atoms with Crippen LogP contribution in [-0.2, 0) is 18.0 Å². The zero-order valence-electron chi connectivity index (χ0n) is 18.2. The van der Waals surface area contributed by atoms with E-state index in [2.05, 4.69) is 10.1 Å². The summed E-state index contributed by atoms with van der Waals surface area (Å²) in [5.74, 6) is 1.86. The first-order valence-electron chi connectivity index (χ1n) is 10.2. The maximum atomic E-state index is 12.7. The lowest BCUT2D eigenvalue weighted by molar-refractivity contribution is 0.0427. The maximum absolute atomic E-state index is 12.7. The van der Waals surface area contributed by atoms with Crippen LogP contribution >= 0.6 is 0 Å². The highest BCUT2D eigenvalue weighted by molar-refractivity contribution is 5.91. The number of esters is 1. The van der Waals surface area contributed by atoms with Crippen molar-refractivity contribution in [1.29, 1.82) is 0 Å². The average Bonchev–Trinajstić information content (AvgIpc) is 3.35. The molecule has 0 saturated heterocycles. The summed E-state index contributed by atoms with van der Waals surface area (Å²) in [6, 6.07) is 21.8. The van der Waals surface area contributed by atoms with E-state index < -0.39 is 5.97 Å². The minimum Gasteiger partial charge on any atom is -0.497 e. The molecule has 0 aliphatic heterocycles. The van der Waals surface area contributed by atoms with Crippen molar-refractivity contribution in [3.63, 3.8) is 0 Å². The van der Waals surface area contributed by atoms with Crippen LogP contribution < -0.4 is 14.2 Å². The fourth-order valence-electron chi connectivity index (χ4n) is 3.13. The Balaban J connectivity index is 1.42. The number of carbonyl (C=O) groups excluding carboxylic acids is 1. The second-order valence-corrected chi connectivity index (χ2v) is 6.91. The Morgan fingerprint density at radius 1 is 0.879 bits per heavy atom. The number of rotatable bonds is 9. The molecule has 8 heteroatoms. The third kappa shape index (κ3) is 5.30. The molecule has 0 bridgehead atoms. The second-order valence-electron chi connectivity index (χ2n) is 6.91. The van der Waals surface area contributed by atoms with Crippen LogP contribution in [0.1, 0.15) is 21.8 Å². The number of hydrogen-bond acceptors (Lipinski definition) is 8. The van der Waals surface area contributed by atoms with Gasteiger partial charge in [0.05, 0.1) is 25.3 Å². The molecule has 4 rings (SSSR count). The largest absolute Gasteiger partial charge is 0.497 e.